The van der Waals surface area contributed by atoms with E-state index in [0.717, 1.165) is 4.31 Å². The molecule has 3 aromatic carbocycles. The molecule has 46 heavy (non-hydrogen) atoms. The van der Waals surface area contributed by atoms with Crippen molar-refractivity contribution in [3.05, 3.63) is 76.3 Å². The Hall–Kier alpha value is -3.67. The van der Waals surface area contributed by atoms with Crippen LogP contribution in [0.15, 0.2) is 65.6 Å². The first-order valence-electron chi connectivity index (χ1n) is 14.8. The van der Waals surface area contributed by atoms with Gasteiger partial charge in [0.25, 0.3) is 10.0 Å². The third-order valence-corrected chi connectivity index (χ3v) is 9.57. The number of methoxy groups -OCH3 is 2. The van der Waals surface area contributed by atoms with Gasteiger partial charge in [0.15, 0.2) is 11.5 Å². The predicted molar refractivity (Wildman–Crippen MR) is 181 cm³/mol. The fourth-order valence-corrected chi connectivity index (χ4v) is 6.44. The Balaban J connectivity index is 2.11. The molecule has 13 heteroatoms. The fourth-order valence-electron chi connectivity index (χ4n) is 4.68. The second-order valence-corrected chi connectivity index (χ2v) is 13.5. The lowest BCUT2D eigenvalue weighted by molar-refractivity contribution is -0.140. The van der Waals surface area contributed by atoms with Crippen LogP contribution in [-0.4, -0.2) is 65.1 Å². The normalized spacial score (nSPS) is 11.9. The zero-order valence-corrected chi connectivity index (χ0v) is 29.2. The van der Waals surface area contributed by atoms with E-state index >= 15 is 0 Å². The van der Waals surface area contributed by atoms with Gasteiger partial charge in [-0.05, 0) is 73.4 Å². The van der Waals surface area contributed by atoms with Crippen LogP contribution in [-0.2, 0) is 26.2 Å². The molecule has 0 bridgehead atoms. The number of nitrogens with zero attached hydrogens (tertiary/aromatic N) is 2. The maximum atomic E-state index is 14.3. The van der Waals surface area contributed by atoms with Crippen molar-refractivity contribution in [3.63, 3.8) is 0 Å². The zero-order chi connectivity index (χ0) is 34.0. The van der Waals surface area contributed by atoms with Gasteiger partial charge in [-0.1, -0.05) is 50.0 Å². The van der Waals surface area contributed by atoms with Gasteiger partial charge in [0.1, 0.15) is 18.3 Å². The summed E-state index contributed by atoms with van der Waals surface area (Å²) in [6, 6.07) is 14.6. The maximum Gasteiger partial charge on any atom is 0.264 e. The van der Waals surface area contributed by atoms with E-state index in [1.165, 1.54) is 37.3 Å². The zero-order valence-electron chi connectivity index (χ0n) is 26.9. The van der Waals surface area contributed by atoms with Crippen LogP contribution in [0.1, 0.15) is 39.7 Å². The van der Waals surface area contributed by atoms with Crippen LogP contribution in [0.5, 0.6) is 17.2 Å². The molecule has 3 rings (SSSR count). The van der Waals surface area contributed by atoms with Gasteiger partial charge in [-0.25, -0.2) is 8.42 Å². The molecule has 2 amide bonds. The number of hydrogen-bond acceptors (Lipinski definition) is 7. The number of amides is 2. The lowest BCUT2D eigenvalue weighted by Crippen LogP contribution is -2.52. The summed E-state index contributed by atoms with van der Waals surface area (Å²) < 4.78 is 45.7. The number of ether oxygens (including phenoxy) is 3. The quantitative estimate of drug-likeness (QED) is 0.190. The minimum atomic E-state index is -4.35. The monoisotopic (exact) mass is 693 g/mol. The van der Waals surface area contributed by atoms with Crippen molar-refractivity contribution in [2.75, 3.05) is 38.2 Å². The maximum absolute atomic E-state index is 14.3. The van der Waals surface area contributed by atoms with Gasteiger partial charge < -0.3 is 24.4 Å². The summed E-state index contributed by atoms with van der Waals surface area (Å²) in [5.41, 5.74) is 0.839. The van der Waals surface area contributed by atoms with Crippen molar-refractivity contribution < 1.29 is 32.2 Å². The molecule has 0 saturated heterocycles. The molecule has 0 fully saturated rings. The second-order valence-electron chi connectivity index (χ2n) is 10.8. The number of hydrogen-bond donors (Lipinski definition) is 1. The Kier molecular flexibility index (Phi) is 13.4. The average molecular weight is 695 g/mol. The number of halogens is 2. The van der Waals surface area contributed by atoms with E-state index in [4.69, 9.17) is 37.4 Å². The highest BCUT2D eigenvalue weighted by molar-refractivity contribution is 7.92. The highest BCUT2D eigenvalue weighted by Gasteiger charge is 2.34. The molecule has 0 heterocycles. The smallest absolute Gasteiger partial charge is 0.264 e. The van der Waals surface area contributed by atoms with Crippen LogP contribution in [0.2, 0.25) is 10.0 Å². The molecule has 0 unspecified atom stereocenters. The van der Waals surface area contributed by atoms with Crippen molar-refractivity contribution in [3.8, 4) is 17.2 Å². The number of rotatable bonds is 16. The molecular formula is C33H41Cl2N3O7S. The van der Waals surface area contributed by atoms with E-state index in [0.29, 0.717) is 35.2 Å². The molecule has 250 valence electrons. The van der Waals surface area contributed by atoms with E-state index in [2.05, 4.69) is 5.32 Å². The van der Waals surface area contributed by atoms with Gasteiger partial charge in [0, 0.05) is 19.2 Å². The van der Waals surface area contributed by atoms with Gasteiger partial charge in [0.05, 0.1) is 41.5 Å². The van der Waals surface area contributed by atoms with Crippen LogP contribution in [0.3, 0.4) is 0 Å². The van der Waals surface area contributed by atoms with Crippen LogP contribution in [0.25, 0.3) is 0 Å². The van der Waals surface area contributed by atoms with E-state index in [1.54, 1.807) is 49.4 Å². The highest BCUT2D eigenvalue weighted by atomic mass is 35.5. The first-order valence-corrected chi connectivity index (χ1v) is 17.0. The Morgan fingerprint density at radius 2 is 1.57 bits per heavy atom. The molecule has 10 nitrogen and oxygen atoms in total. The summed E-state index contributed by atoms with van der Waals surface area (Å²) in [4.78, 5) is 29.0. The second kappa shape index (κ2) is 16.8. The first-order chi connectivity index (χ1) is 21.9. The summed E-state index contributed by atoms with van der Waals surface area (Å²) in [5, 5.41) is 3.53. The topological polar surface area (TPSA) is 114 Å². The number of sulfonamides is 1. The van der Waals surface area contributed by atoms with Crippen LogP contribution in [0, 0.1) is 5.92 Å². The molecule has 0 aromatic heterocycles. The third kappa shape index (κ3) is 9.20. The number of nitrogens with one attached hydrogen (secondary N) is 1. The molecule has 3 aromatic rings. The van der Waals surface area contributed by atoms with Gasteiger partial charge in [-0.3, -0.25) is 13.9 Å². The van der Waals surface area contributed by atoms with E-state index in [-0.39, 0.29) is 46.1 Å². The number of benzene rings is 3. The van der Waals surface area contributed by atoms with Crippen LogP contribution in [0.4, 0.5) is 5.69 Å². The Bertz CT molecular complexity index is 1600. The van der Waals surface area contributed by atoms with Crippen LogP contribution < -0.4 is 23.8 Å². The summed E-state index contributed by atoms with van der Waals surface area (Å²) >= 11 is 12.4. The van der Waals surface area contributed by atoms with Crippen molar-refractivity contribution >= 4 is 50.7 Å². The van der Waals surface area contributed by atoms with Gasteiger partial charge in [0.2, 0.25) is 11.8 Å². The minimum Gasteiger partial charge on any atom is -0.494 e. The SMILES string of the molecule is CCOc1ccc(N(CC(=O)N(Cc2ccc(Cl)c(Cl)c2)[C@@H](CC)C(=O)NCC(C)C)S(=O)(=O)c2ccc(OC)c(OC)c2)cc1. The Labute approximate surface area is 281 Å². The summed E-state index contributed by atoms with van der Waals surface area (Å²) in [5.74, 6) is 0.319. The van der Waals surface area contributed by atoms with Crippen molar-refractivity contribution in [2.45, 2.75) is 51.6 Å². The number of anilines is 1. The molecule has 0 aliphatic heterocycles. The van der Waals surface area contributed by atoms with E-state index in [1.807, 2.05) is 20.8 Å². The molecule has 0 spiro atoms. The number of carbonyl (C=O) groups is 2. The van der Waals surface area contributed by atoms with E-state index < -0.39 is 28.5 Å². The van der Waals surface area contributed by atoms with Crippen molar-refractivity contribution in [1.82, 2.24) is 10.2 Å². The molecule has 0 saturated carbocycles. The fraction of sp³-hybridized carbons (Fsp3) is 0.394. The molecule has 0 aliphatic rings. The number of carbonyl (C=O) groups excluding carboxylic acids is 2. The molecule has 1 N–H and O–H groups in total. The lowest BCUT2D eigenvalue weighted by atomic mass is 10.1. The third-order valence-electron chi connectivity index (χ3n) is 7.06. The predicted octanol–water partition coefficient (Wildman–Crippen LogP) is 6.18. The van der Waals surface area contributed by atoms with Gasteiger partial charge in [-0.15, -0.1) is 0 Å². The largest absolute Gasteiger partial charge is 0.494 e. The summed E-state index contributed by atoms with van der Waals surface area (Å²) in [7, 11) is -1.51. The standard InChI is InChI=1S/C33H41Cl2N3O7S/c1-7-29(33(40)36-19-22(3)4)37(20-23-9-15-27(34)28(35)17-23)32(39)21-38(24-10-12-25(13-11-24)45-8-2)46(41,42)26-14-16-30(43-5)31(18-26)44-6/h9-18,22,29H,7-8,19-21H2,1-6H3,(H,36,40)/t29-/m0/s1. The van der Waals surface area contributed by atoms with Gasteiger partial charge in [-0.2, -0.15) is 0 Å². The molecule has 0 aliphatic carbocycles. The summed E-state index contributed by atoms with van der Waals surface area (Å²) in [6.45, 7) is 7.77. The lowest BCUT2D eigenvalue weighted by Gasteiger charge is -2.33. The highest BCUT2D eigenvalue weighted by Crippen LogP contribution is 2.33. The summed E-state index contributed by atoms with van der Waals surface area (Å²) in [6.07, 6.45) is 0.280. The van der Waals surface area contributed by atoms with E-state index in [9.17, 15) is 18.0 Å². The first kappa shape index (κ1) is 36.8. The van der Waals surface area contributed by atoms with Crippen molar-refractivity contribution in [1.29, 1.82) is 0 Å². The molecule has 0 radical (unpaired) electrons. The Morgan fingerprint density at radius 3 is 2.13 bits per heavy atom. The van der Waals surface area contributed by atoms with Gasteiger partial charge >= 0.3 is 0 Å². The molecule has 1 atom stereocenters. The average Bonchev–Trinajstić information content (AvgIpc) is 3.04. The molecular weight excluding hydrogens is 653 g/mol. The van der Waals surface area contributed by atoms with Crippen LogP contribution >= 0.6 is 23.2 Å². The Morgan fingerprint density at radius 1 is 0.891 bits per heavy atom. The minimum absolute atomic E-state index is 0.0170. The van der Waals surface area contributed by atoms with Crippen molar-refractivity contribution in [2.24, 2.45) is 5.92 Å².